The van der Waals surface area contributed by atoms with E-state index in [1.54, 1.807) is 25.0 Å². The predicted molar refractivity (Wildman–Crippen MR) is 111 cm³/mol. The van der Waals surface area contributed by atoms with Crippen molar-refractivity contribution in [2.45, 2.75) is 45.6 Å². The second-order valence-corrected chi connectivity index (χ2v) is 7.03. The van der Waals surface area contributed by atoms with Crippen molar-refractivity contribution >= 4 is 17.5 Å². The normalized spacial score (nSPS) is 12.2. The lowest BCUT2D eigenvalue weighted by Crippen LogP contribution is -2.38. The van der Waals surface area contributed by atoms with E-state index < -0.39 is 0 Å². The zero-order chi connectivity index (χ0) is 19.8. The number of benzene rings is 1. The van der Waals surface area contributed by atoms with Crippen molar-refractivity contribution in [1.29, 1.82) is 0 Å². The van der Waals surface area contributed by atoms with Gasteiger partial charge in [-0.3, -0.25) is 0 Å². The average molecular weight is 395 g/mol. The first-order valence-electron chi connectivity index (χ1n) is 9.56. The third-order valence-electron chi connectivity index (χ3n) is 4.75. The molecule has 0 saturated heterocycles. The monoisotopic (exact) mass is 394 g/mol. The zero-order valence-electron chi connectivity index (χ0n) is 17.0. The molecule has 2 rings (SSSR count). The summed E-state index contributed by atoms with van der Waals surface area (Å²) in [5.74, 6) is 2.17. The smallest absolute Gasteiger partial charge is 0.245 e. The molecule has 0 aliphatic heterocycles. The van der Waals surface area contributed by atoms with E-state index in [1.165, 1.54) is 12.8 Å². The highest BCUT2D eigenvalue weighted by Crippen LogP contribution is 2.32. The van der Waals surface area contributed by atoms with Crippen LogP contribution in [0.1, 0.15) is 39.5 Å². The van der Waals surface area contributed by atoms with Crippen molar-refractivity contribution in [3.05, 3.63) is 23.2 Å². The lowest BCUT2D eigenvalue weighted by Gasteiger charge is -2.30. The fourth-order valence-corrected chi connectivity index (χ4v) is 3.39. The number of aryl methyl sites for hydroxylation is 1. The maximum atomic E-state index is 6.10. The Labute approximate surface area is 167 Å². The van der Waals surface area contributed by atoms with Crippen molar-refractivity contribution < 1.29 is 9.47 Å². The van der Waals surface area contributed by atoms with Gasteiger partial charge in [-0.05, 0) is 31.0 Å². The molecule has 27 heavy (non-hydrogen) atoms. The van der Waals surface area contributed by atoms with Crippen LogP contribution in [0.25, 0.3) is 11.4 Å². The molecule has 0 N–H and O–H groups in total. The van der Waals surface area contributed by atoms with E-state index in [2.05, 4.69) is 18.7 Å². The Kier molecular flexibility index (Phi) is 8.38. The lowest BCUT2D eigenvalue weighted by molar-refractivity contribution is 0.202. The molecule has 1 aromatic heterocycles. The van der Waals surface area contributed by atoms with Gasteiger partial charge in [-0.1, -0.05) is 38.3 Å². The first-order chi connectivity index (χ1) is 13.0. The summed E-state index contributed by atoms with van der Waals surface area (Å²) in [4.78, 5) is 7.12. The Balaban J connectivity index is 2.40. The van der Waals surface area contributed by atoms with Crippen LogP contribution in [0, 0.1) is 0 Å². The van der Waals surface area contributed by atoms with Gasteiger partial charge in [0.2, 0.25) is 5.95 Å². The van der Waals surface area contributed by atoms with Gasteiger partial charge in [-0.25, -0.2) is 4.68 Å². The topological polar surface area (TPSA) is 52.4 Å². The predicted octanol–water partition coefficient (Wildman–Crippen LogP) is 4.57. The van der Waals surface area contributed by atoms with Gasteiger partial charge < -0.3 is 14.4 Å². The number of unbranched alkanes of at least 4 members (excludes halogenated alkanes) is 1. The van der Waals surface area contributed by atoms with Crippen molar-refractivity contribution in [1.82, 2.24) is 14.8 Å². The van der Waals surface area contributed by atoms with Crippen LogP contribution in [-0.2, 0) is 11.8 Å². The van der Waals surface area contributed by atoms with Crippen LogP contribution in [-0.4, -0.2) is 48.2 Å². The van der Waals surface area contributed by atoms with Crippen LogP contribution in [0.2, 0.25) is 5.02 Å². The standard InChI is InChI=1S/C20H31ClN4O2/c1-6-8-9-16(7-2)25(12-13-26-4)20-22-19(24(3)23-20)17-11-10-15(21)14-18(17)27-5/h10-11,14,16H,6-9,12-13H2,1-5H3. The molecule has 0 aliphatic carbocycles. The molecule has 2 aromatic rings. The molecule has 0 bridgehead atoms. The van der Waals surface area contributed by atoms with Crippen LogP contribution in [0.4, 0.5) is 5.95 Å². The number of nitrogens with zero attached hydrogens (tertiary/aromatic N) is 4. The summed E-state index contributed by atoms with van der Waals surface area (Å²) in [5.41, 5.74) is 0.872. The van der Waals surface area contributed by atoms with Crippen LogP contribution >= 0.6 is 11.6 Å². The fraction of sp³-hybridized carbons (Fsp3) is 0.600. The molecule has 0 spiro atoms. The van der Waals surface area contributed by atoms with Gasteiger partial charge in [-0.15, -0.1) is 5.10 Å². The Morgan fingerprint density at radius 3 is 2.67 bits per heavy atom. The number of hydrogen-bond acceptors (Lipinski definition) is 5. The molecule has 0 aliphatic rings. The quantitative estimate of drug-likeness (QED) is 0.559. The molecule has 1 heterocycles. The van der Waals surface area contributed by atoms with Gasteiger partial charge in [0, 0.05) is 31.8 Å². The second-order valence-electron chi connectivity index (χ2n) is 6.59. The number of methoxy groups -OCH3 is 2. The number of hydrogen-bond donors (Lipinski definition) is 0. The van der Waals surface area contributed by atoms with Crippen molar-refractivity contribution in [3.8, 4) is 17.1 Å². The average Bonchev–Trinajstić information content (AvgIpc) is 3.05. The van der Waals surface area contributed by atoms with Gasteiger partial charge in [-0.2, -0.15) is 4.98 Å². The second kappa shape index (κ2) is 10.5. The minimum Gasteiger partial charge on any atom is -0.496 e. The van der Waals surface area contributed by atoms with Crippen LogP contribution in [0.5, 0.6) is 5.75 Å². The fourth-order valence-electron chi connectivity index (χ4n) is 3.23. The molecular weight excluding hydrogens is 364 g/mol. The number of ether oxygens (including phenoxy) is 2. The summed E-state index contributed by atoms with van der Waals surface area (Å²) in [6.07, 6.45) is 4.53. The van der Waals surface area contributed by atoms with Crippen LogP contribution in [0.3, 0.4) is 0 Å². The highest BCUT2D eigenvalue weighted by atomic mass is 35.5. The molecule has 0 radical (unpaired) electrons. The molecule has 0 amide bonds. The SMILES string of the molecule is CCCCC(CC)N(CCOC)c1nc(-c2ccc(Cl)cc2OC)n(C)n1. The van der Waals surface area contributed by atoms with Gasteiger partial charge >= 0.3 is 0 Å². The molecule has 0 fully saturated rings. The Hall–Kier alpha value is -1.79. The van der Waals surface area contributed by atoms with Gasteiger partial charge in [0.05, 0.1) is 19.3 Å². The number of rotatable bonds is 11. The molecule has 6 nitrogen and oxygen atoms in total. The Morgan fingerprint density at radius 1 is 1.26 bits per heavy atom. The van der Waals surface area contributed by atoms with E-state index in [1.807, 2.05) is 19.2 Å². The summed E-state index contributed by atoms with van der Waals surface area (Å²) in [6, 6.07) is 5.95. The molecule has 1 unspecified atom stereocenters. The first-order valence-corrected chi connectivity index (χ1v) is 9.93. The van der Waals surface area contributed by atoms with Gasteiger partial charge in [0.15, 0.2) is 5.82 Å². The first kappa shape index (κ1) is 21.5. The number of halogens is 1. The maximum absolute atomic E-state index is 6.10. The largest absolute Gasteiger partial charge is 0.496 e. The summed E-state index contributed by atoms with van der Waals surface area (Å²) in [5, 5.41) is 5.33. The molecular formula is C20H31ClN4O2. The number of aromatic nitrogens is 3. The van der Waals surface area contributed by atoms with Crippen molar-refractivity contribution in [2.75, 3.05) is 32.3 Å². The van der Waals surface area contributed by atoms with Crippen molar-refractivity contribution in [2.24, 2.45) is 7.05 Å². The van der Waals surface area contributed by atoms with E-state index in [9.17, 15) is 0 Å². The minimum absolute atomic E-state index is 0.391. The molecule has 0 saturated carbocycles. The number of anilines is 1. The van der Waals surface area contributed by atoms with Gasteiger partial charge in [0.25, 0.3) is 0 Å². The third kappa shape index (κ3) is 5.36. The van der Waals surface area contributed by atoms with E-state index >= 15 is 0 Å². The Morgan fingerprint density at radius 2 is 2.04 bits per heavy atom. The van der Waals surface area contributed by atoms with E-state index in [0.717, 1.165) is 36.7 Å². The summed E-state index contributed by atoms with van der Waals surface area (Å²) in [7, 11) is 5.26. The summed E-state index contributed by atoms with van der Waals surface area (Å²) >= 11 is 6.10. The van der Waals surface area contributed by atoms with E-state index in [0.29, 0.717) is 23.4 Å². The van der Waals surface area contributed by atoms with Crippen LogP contribution in [0.15, 0.2) is 18.2 Å². The third-order valence-corrected chi connectivity index (χ3v) is 4.99. The Bertz CT molecular complexity index is 720. The summed E-state index contributed by atoms with van der Waals surface area (Å²) < 4.78 is 12.6. The maximum Gasteiger partial charge on any atom is 0.245 e. The van der Waals surface area contributed by atoms with Gasteiger partial charge in [0.1, 0.15) is 5.75 Å². The molecule has 7 heteroatoms. The van der Waals surface area contributed by atoms with E-state index in [-0.39, 0.29) is 0 Å². The molecule has 150 valence electrons. The highest BCUT2D eigenvalue weighted by molar-refractivity contribution is 6.30. The van der Waals surface area contributed by atoms with Crippen LogP contribution < -0.4 is 9.64 Å². The van der Waals surface area contributed by atoms with E-state index in [4.69, 9.17) is 31.2 Å². The molecule has 1 aromatic carbocycles. The zero-order valence-corrected chi connectivity index (χ0v) is 17.8. The molecule has 1 atom stereocenters. The van der Waals surface area contributed by atoms with Crippen molar-refractivity contribution in [3.63, 3.8) is 0 Å². The minimum atomic E-state index is 0.391. The summed E-state index contributed by atoms with van der Waals surface area (Å²) in [6.45, 7) is 5.84. The highest BCUT2D eigenvalue weighted by Gasteiger charge is 2.23. The lowest BCUT2D eigenvalue weighted by atomic mass is 10.1.